The van der Waals surface area contributed by atoms with E-state index in [1.54, 1.807) is 13.8 Å². The summed E-state index contributed by atoms with van der Waals surface area (Å²) >= 11 is 0. The van der Waals surface area contributed by atoms with Crippen molar-refractivity contribution in [3.05, 3.63) is 35.9 Å². The highest BCUT2D eigenvalue weighted by Crippen LogP contribution is 2.37. The van der Waals surface area contributed by atoms with Crippen LogP contribution in [0.5, 0.6) is 0 Å². The van der Waals surface area contributed by atoms with Crippen LogP contribution < -0.4 is 0 Å². The van der Waals surface area contributed by atoms with E-state index in [0.29, 0.717) is 25.9 Å². The maximum atomic E-state index is 12.1. The van der Waals surface area contributed by atoms with Gasteiger partial charge >= 0.3 is 0 Å². The van der Waals surface area contributed by atoms with Crippen LogP contribution in [0.2, 0.25) is 0 Å². The summed E-state index contributed by atoms with van der Waals surface area (Å²) < 4.78 is 5.84. The molecule has 0 bridgehead atoms. The molecule has 2 atom stereocenters. The number of hydrogen-bond donors (Lipinski definition) is 0. The number of Topliss-reactive ketones (excluding diaryl/α,β-unsaturated/α-hetero) is 2. The fourth-order valence-electron chi connectivity index (χ4n) is 2.42. The quantitative estimate of drug-likeness (QED) is 0.687. The van der Waals surface area contributed by atoms with Gasteiger partial charge in [0.15, 0.2) is 0 Å². The number of rotatable bonds is 9. The molecule has 0 aliphatic carbocycles. The predicted molar refractivity (Wildman–Crippen MR) is 84.1 cm³/mol. The second kappa shape index (κ2) is 8.08. The molecule has 1 aromatic rings. The highest BCUT2D eigenvalue weighted by molar-refractivity contribution is 5.83. The van der Waals surface area contributed by atoms with E-state index in [9.17, 15) is 9.59 Å². The van der Waals surface area contributed by atoms with Crippen LogP contribution in [0.4, 0.5) is 0 Å². The molecule has 0 aliphatic rings. The Balaban J connectivity index is 2.92. The monoisotopic (exact) mass is 290 g/mol. The van der Waals surface area contributed by atoms with E-state index < -0.39 is 5.41 Å². The molecule has 21 heavy (non-hydrogen) atoms. The van der Waals surface area contributed by atoms with Gasteiger partial charge in [0.25, 0.3) is 0 Å². The fourth-order valence-corrected chi connectivity index (χ4v) is 2.42. The summed E-state index contributed by atoms with van der Waals surface area (Å²) in [6, 6.07) is 9.95. The average Bonchev–Trinajstić information content (AvgIpc) is 2.45. The third-order valence-electron chi connectivity index (χ3n) is 4.05. The molecule has 0 amide bonds. The largest absolute Gasteiger partial charge is 0.374 e. The van der Waals surface area contributed by atoms with Gasteiger partial charge in [-0.2, -0.15) is 0 Å². The van der Waals surface area contributed by atoms with Crippen LogP contribution in [-0.2, 0) is 14.3 Å². The molecule has 0 saturated heterocycles. The van der Waals surface area contributed by atoms with E-state index >= 15 is 0 Å². The molecule has 1 unspecified atom stereocenters. The Morgan fingerprint density at radius 1 is 1.19 bits per heavy atom. The molecule has 1 aromatic carbocycles. The lowest BCUT2D eigenvalue weighted by molar-refractivity contribution is -0.129. The summed E-state index contributed by atoms with van der Waals surface area (Å²) in [7, 11) is 0. The van der Waals surface area contributed by atoms with E-state index in [1.165, 1.54) is 0 Å². The molecular formula is C18H26O3. The van der Waals surface area contributed by atoms with Crippen LogP contribution in [-0.4, -0.2) is 18.2 Å². The maximum Gasteiger partial charge on any atom is 0.135 e. The molecule has 0 saturated carbocycles. The summed E-state index contributed by atoms with van der Waals surface area (Å²) in [6.45, 7) is 7.66. The van der Waals surface area contributed by atoms with Crippen molar-refractivity contribution >= 4 is 11.6 Å². The first-order chi connectivity index (χ1) is 9.89. The van der Waals surface area contributed by atoms with Crippen molar-refractivity contribution in [2.24, 2.45) is 5.41 Å². The summed E-state index contributed by atoms with van der Waals surface area (Å²) in [5.41, 5.74) is 0.552. The van der Waals surface area contributed by atoms with E-state index in [4.69, 9.17) is 4.74 Å². The second-order valence-electron chi connectivity index (χ2n) is 5.88. The molecule has 0 heterocycles. The summed E-state index contributed by atoms with van der Waals surface area (Å²) in [4.78, 5) is 23.3. The van der Waals surface area contributed by atoms with E-state index in [2.05, 4.69) is 0 Å². The third kappa shape index (κ3) is 5.43. The van der Waals surface area contributed by atoms with Gasteiger partial charge in [-0.15, -0.1) is 0 Å². The van der Waals surface area contributed by atoms with Crippen molar-refractivity contribution in [2.45, 2.75) is 53.1 Å². The van der Waals surface area contributed by atoms with Crippen molar-refractivity contribution in [1.82, 2.24) is 0 Å². The zero-order valence-corrected chi connectivity index (χ0v) is 13.5. The average molecular weight is 290 g/mol. The molecule has 0 fully saturated rings. The van der Waals surface area contributed by atoms with Crippen LogP contribution in [0.25, 0.3) is 0 Å². The van der Waals surface area contributed by atoms with Gasteiger partial charge in [0, 0.05) is 18.4 Å². The highest BCUT2D eigenvalue weighted by Gasteiger charge is 2.33. The number of hydrogen-bond acceptors (Lipinski definition) is 3. The molecule has 0 radical (unpaired) electrons. The lowest BCUT2D eigenvalue weighted by Crippen LogP contribution is -2.29. The van der Waals surface area contributed by atoms with E-state index in [-0.39, 0.29) is 17.7 Å². The van der Waals surface area contributed by atoms with Gasteiger partial charge < -0.3 is 9.53 Å². The number of carbonyl (C=O) groups is 2. The SMILES string of the molecule is CCO[C@H](CC(C)(CCC(C)=O)C(C)=O)c1ccccc1. The number of benzene rings is 1. The third-order valence-corrected chi connectivity index (χ3v) is 4.05. The highest BCUT2D eigenvalue weighted by atomic mass is 16.5. The number of carbonyl (C=O) groups excluding carboxylic acids is 2. The molecular weight excluding hydrogens is 264 g/mol. The Hall–Kier alpha value is -1.48. The molecule has 1 rings (SSSR count). The van der Waals surface area contributed by atoms with Gasteiger partial charge in [-0.05, 0) is 39.2 Å². The van der Waals surface area contributed by atoms with Gasteiger partial charge in [0.1, 0.15) is 11.6 Å². The molecule has 3 nitrogen and oxygen atoms in total. The van der Waals surface area contributed by atoms with Crippen molar-refractivity contribution in [3.8, 4) is 0 Å². The van der Waals surface area contributed by atoms with E-state index in [0.717, 1.165) is 5.56 Å². The van der Waals surface area contributed by atoms with Gasteiger partial charge in [-0.25, -0.2) is 0 Å². The molecule has 0 N–H and O–H groups in total. The topological polar surface area (TPSA) is 43.4 Å². The zero-order chi connectivity index (χ0) is 15.9. The Labute approximate surface area is 127 Å². The summed E-state index contributed by atoms with van der Waals surface area (Å²) in [6.07, 6.45) is 1.50. The Morgan fingerprint density at radius 2 is 1.81 bits per heavy atom. The Kier molecular flexibility index (Phi) is 6.76. The zero-order valence-electron chi connectivity index (χ0n) is 13.5. The first-order valence-corrected chi connectivity index (χ1v) is 7.56. The minimum atomic E-state index is -0.526. The van der Waals surface area contributed by atoms with Gasteiger partial charge in [-0.3, -0.25) is 4.79 Å². The number of ether oxygens (including phenoxy) is 1. The lowest BCUT2D eigenvalue weighted by Gasteiger charge is -2.31. The van der Waals surface area contributed by atoms with Crippen LogP contribution in [0.3, 0.4) is 0 Å². The van der Waals surface area contributed by atoms with Gasteiger partial charge in [0.2, 0.25) is 0 Å². The van der Waals surface area contributed by atoms with Crippen LogP contribution in [0.15, 0.2) is 30.3 Å². The molecule has 0 aliphatic heterocycles. The Morgan fingerprint density at radius 3 is 2.29 bits per heavy atom. The summed E-state index contributed by atoms with van der Waals surface area (Å²) in [5, 5.41) is 0. The molecule has 0 aromatic heterocycles. The lowest BCUT2D eigenvalue weighted by atomic mass is 9.75. The number of ketones is 2. The minimum absolute atomic E-state index is 0.114. The minimum Gasteiger partial charge on any atom is -0.374 e. The first kappa shape index (κ1) is 17.6. The van der Waals surface area contributed by atoms with Crippen molar-refractivity contribution in [2.75, 3.05) is 6.61 Å². The maximum absolute atomic E-state index is 12.1. The summed E-state index contributed by atoms with van der Waals surface area (Å²) in [5.74, 6) is 0.236. The smallest absolute Gasteiger partial charge is 0.135 e. The normalized spacial score (nSPS) is 15.2. The Bertz CT molecular complexity index is 467. The molecule has 116 valence electrons. The standard InChI is InChI=1S/C18H26O3/c1-5-21-17(16-9-7-6-8-10-16)13-18(4,15(3)20)12-11-14(2)19/h6-10,17H,5,11-13H2,1-4H3/t17-,18?/m1/s1. The first-order valence-electron chi connectivity index (χ1n) is 7.56. The van der Waals surface area contributed by atoms with Crippen molar-refractivity contribution in [1.29, 1.82) is 0 Å². The van der Waals surface area contributed by atoms with Gasteiger partial charge in [-0.1, -0.05) is 37.3 Å². The van der Waals surface area contributed by atoms with E-state index in [1.807, 2.05) is 44.2 Å². The molecule has 3 heteroatoms. The van der Waals surface area contributed by atoms with Crippen molar-refractivity contribution < 1.29 is 14.3 Å². The van der Waals surface area contributed by atoms with Crippen LogP contribution in [0.1, 0.15) is 58.6 Å². The van der Waals surface area contributed by atoms with Crippen LogP contribution >= 0.6 is 0 Å². The van der Waals surface area contributed by atoms with Crippen molar-refractivity contribution in [3.63, 3.8) is 0 Å². The molecule has 0 spiro atoms. The predicted octanol–water partition coefficient (Wildman–Crippen LogP) is 4.12. The van der Waals surface area contributed by atoms with Crippen LogP contribution in [0, 0.1) is 5.41 Å². The fraction of sp³-hybridized carbons (Fsp3) is 0.556. The second-order valence-corrected chi connectivity index (χ2v) is 5.88. The van der Waals surface area contributed by atoms with Gasteiger partial charge in [0.05, 0.1) is 6.10 Å².